The summed E-state index contributed by atoms with van der Waals surface area (Å²) in [6.45, 7) is 6.30. The summed E-state index contributed by atoms with van der Waals surface area (Å²) in [7, 11) is 0. The van der Waals surface area contributed by atoms with Crippen LogP contribution in [0.5, 0.6) is 0 Å². The van der Waals surface area contributed by atoms with E-state index in [0.29, 0.717) is 12.3 Å². The van der Waals surface area contributed by atoms with Gasteiger partial charge in [-0.25, -0.2) is 0 Å². The van der Waals surface area contributed by atoms with E-state index in [-0.39, 0.29) is 12.1 Å². The third-order valence-electron chi connectivity index (χ3n) is 4.09. The quantitative estimate of drug-likeness (QED) is 0.697. The Morgan fingerprint density at radius 3 is 2.18 bits per heavy atom. The molecule has 0 aliphatic carbocycles. The van der Waals surface area contributed by atoms with Crippen LogP contribution < -0.4 is 0 Å². The van der Waals surface area contributed by atoms with Crippen LogP contribution in [0, 0.1) is 0 Å². The molecule has 0 fully saturated rings. The van der Waals surface area contributed by atoms with E-state index in [1.807, 2.05) is 49.4 Å². The Hall–Kier alpha value is -2.09. The Morgan fingerprint density at radius 1 is 0.955 bits per heavy atom. The Balaban J connectivity index is 1.92. The highest BCUT2D eigenvalue weighted by atomic mass is 16.5. The molecule has 0 N–H and O–H groups in total. The summed E-state index contributed by atoms with van der Waals surface area (Å²) >= 11 is 0. The summed E-state index contributed by atoms with van der Waals surface area (Å²) < 4.78 is 5.50. The summed E-state index contributed by atoms with van der Waals surface area (Å²) in [5.41, 5.74) is 3.33. The fraction of sp³-hybridized carbons (Fsp3) is 0.350. The highest BCUT2D eigenvalue weighted by Gasteiger charge is 2.12. The SMILES string of the molecule is CCC(C)c1ccc(CC(=O)OC(C)c2ccccc2)cc1. The van der Waals surface area contributed by atoms with Gasteiger partial charge >= 0.3 is 5.97 Å². The molecule has 0 amide bonds. The lowest BCUT2D eigenvalue weighted by Gasteiger charge is -2.14. The molecule has 0 aromatic heterocycles. The van der Waals surface area contributed by atoms with E-state index in [1.165, 1.54) is 5.56 Å². The molecule has 0 aliphatic heterocycles. The Bertz CT molecular complexity index is 587. The van der Waals surface area contributed by atoms with E-state index in [9.17, 15) is 4.79 Å². The average molecular weight is 296 g/mol. The standard InChI is InChI=1S/C20H24O2/c1-4-15(2)18-12-10-17(11-13-18)14-20(21)22-16(3)19-8-6-5-7-9-19/h5-13,15-16H,4,14H2,1-3H3. The molecule has 0 spiro atoms. The second kappa shape index (κ2) is 7.79. The van der Waals surface area contributed by atoms with Gasteiger partial charge in [0.1, 0.15) is 6.10 Å². The molecule has 2 aromatic rings. The van der Waals surface area contributed by atoms with Crippen molar-refractivity contribution in [3.8, 4) is 0 Å². The van der Waals surface area contributed by atoms with E-state index < -0.39 is 0 Å². The summed E-state index contributed by atoms with van der Waals surface area (Å²) in [5.74, 6) is 0.367. The van der Waals surface area contributed by atoms with Crippen LogP contribution in [0.1, 0.15) is 55.9 Å². The maximum Gasteiger partial charge on any atom is 0.310 e. The first-order valence-corrected chi connectivity index (χ1v) is 7.93. The fourth-order valence-corrected chi connectivity index (χ4v) is 2.40. The predicted octanol–water partition coefficient (Wildman–Crippen LogP) is 5.05. The van der Waals surface area contributed by atoms with Gasteiger partial charge < -0.3 is 4.74 Å². The highest BCUT2D eigenvalue weighted by molar-refractivity contribution is 5.72. The second-order valence-corrected chi connectivity index (χ2v) is 5.77. The van der Waals surface area contributed by atoms with Crippen molar-refractivity contribution in [1.29, 1.82) is 0 Å². The smallest absolute Gasteiger partial charge is 0.310 e. The van der Waals surface area contributed by atoms with Crippen LogP contribution in [0.2, 0.25) is 0 Å². The summed E-state index contributed by atoms with van der Waals surface area (Å²) in [6, 6.07) is 18.1. The molecule has 2 rings (SSSR count). The molecule has 22 heavy (non-hydrogen) atoms. The molecule has 116 valence electrons. The Morgan fingerprint density at radius 2 is 1.59 bits per heavy atom. The second-order valence-electron chi connectivity index (χ2n) is 5.77. The molecule has 0 saturated carbocycles. The number of esters is 1. The number of hydrogen-bond acceptors (Lipinski definition) is 2. The van der Waals surface area contributed by atoms with Gasteiger partial charge in [0, 0.05) is 0 Å². The van der Waals surface area contributed by atoms with Gasteiger partial charge in [0.15, 0.2) is 0 Å². The number of carbonyl (C=O) groups excluding carboxylic acids is 1. The van der Waals surface area contributed by atoms with Gasteiger partial charge in [-0.05, 0) is 36.0 Å². The minimum atomic E-state index is -0.215. The zero-order valence-corrected chi connectivity index (χ0v) is 13.6. The van der Waals surface area contributed by atoms with Gasteiger partial charge in [-0.1, -0.05) is 68.4 Å². The zero-order chi connectivity index (χ0) is 15.9. The minimum Gasteiger partial charge on any atom is -0.458 e. The average Bonchev–Trinajstić information content (AvgIpc) is 2.55. The van der Waals surface area contributed by atoms with Crippen molar-refractivity contribution in [2.75, 3.05) is 0 Å². The largest absolute Gasteiger partial charge is 0.458 e. The van der Waals surface area contributed by atoms with Crippen LogP contribution in [0.3, 0.4) is 0 Å². The fourth-order valence-electron chi connectivity index (χ4n) is 2.40. The third-order valence-corrected chi connectivity index (χ3v) is 4.09. The topological polar surface area (TPSA) is 26.3 Å². The summed E-state index contributed by atoms with van der Waals surface area (Å²) in [6.07, 6.45) is 1.22. The molecule has 0 aliphatic rings. The van der Waals surface area contributed by atoms with Crippen molar-refractivity contribution in [2.45, 2.75) is 45.6 Å². The lowest BCUT2D eigenvalue weighted by molar-refractivity contribution is -0.147. The molecule has 0 heterocycles. The van der Waals surface area contributed by atoms with E-state index >= 15 is 0 Å². The molecule has 0 radical (unpaired) electrons. The molecule has 0 bridgehead atoms. The Kier molecular flexibility index (Phi) is 5.76. The molecule has 2 heteroatoms. The number of benzene rings is 2. The lowest BCUT2D eigenvalue weighted by Crippen LogP contribution is -2.11. The van der Waals surface area contributed by atoms with Crippen LogP contribution in [0.4, 0.5) is 0 Å². The van der Waals surface area contributed by atoms with E-state index in [2.05, 4.69) is 26.0 Å². The molecular weight excluding hydrogens is 272 g/mol. The molecule has 2 aromatic carbocycles. The maximum absolute atomic E-state index is 12.0. The molecule has 2 nitrogen and oxygen atoms in total. The van der Waals surface area contributed by atoms with Crippen molar-refractivity contribution in [1.82, 2.24) is 0 Å². The van der Waals surface area contributed by atoms with Gasteiger partial charge in [-0.3, -0.25) is 4.79 Å². The number of carbonyl (C=O) groups is 1. The van der Waals surface area contributed by atoms with Gasteiger partial charge in [0.05, 0.1) is 6.42 Å². The van der Waals surface area contributed by atoms with Crippen LogP contribution in [0.15, 0.2) is 54.6 Å². The van der Waals surface area contributed by atoms with Crippen molar-refractivity contribution < 1.29 is 9.53 Å². The first-order valence-electron chi connectivity index (χ1n) is 7.93. The highest BCUT2D eigenvalue weighted by Crippen LogP contribution is 2.20. The van der Waals surface area contributed by atoms with Crippen molar-refractivity contribution in [3.63, 3.8) is 0 Å². The van der Waals surface area contributed by atoms with Crippen LogP contribution >= 0.6 is 0 Å². The number of ether oxygens (including phenoxy) is 1. The van der Waals surface area contributed by atoms with Crippen LogP contribution in [0.25, 0.3) is 0 Å². The predicted molar refractivity (Wildman–Crippen MR) is 89.8 cm³/mol. The van der Waals surface area contributed by atoms with Crippen molar-refractivity contribution in [3.05, 3.63) is 71.3 Å². The van der Waals surface area contributed by atoms with E-state index in [0.717, 1.165) is 17.5 Å². The van der Waals surface area contributed by atoms with E-state index in [4.69, 9.17) is 4.74 Å². The van der Waals surface area contributed by atoms with Gasteiger partial charge in [0.25, 0.3) is 0 Å². The summed E-state index contributed by atoms with van der Waals surface area (Å²) in [4.78, 5) is 12.0. The van der Waals surface area contributed by atoms with Gasteiger partial charge in [-0.2, -0.15) is 0 Å². The van der Waals surface area contributed by atoms with Gasteiger partial charge in [-0.15, -0.1) is 0 Å². The number of rotatable bonds is 6. The van der Waals surface area contributed by atoms with Crippen LogP contribution in [-0.4, -0.2) is 5.97 Å². The Labute approximate surface area is 133 Å². The lowest BCUT2D eigenvalue weighted by atomic mass is 9.97. The third kappa shape index (κ3) is 4.45. The molecule has 2 unspecified atom stereocenters. The van der Waals surface area contributed by atoms with Crippen molar-refractivity contribution >= 4 is 5.97 Å². The van der Waals surface area contributed by atoms with Gasteiger partial charge in [0.2, 0.25) is 0 Å². The molecule has 2 atom stereocenters. The van der Waals surface area contributed by atoms with Crippen LogP contribution in [-0.2, 0) is 16.0 Å². The zero-order valence-electron chi connectivity index (χ0n) is 13.6. The minimum absolute atomic E-state index is 0.187. The van der Waals surface area contributed by atoms with E-state index in [1.54, 1.807) is 0 Å². The first-order chi connectivity index (χ1) is 10.6. The first kappa shape index (κ1) is 16.3. The molecule has 0 saturated heterocycles. The number of hydrogen-bond donors (Lipinski definition) is 0. The maximum atomic E-state index is 12.0. The molecular formula is C20H24O2. The normalized spacial score (nSPS) is 13.4. The monoisotopic (exact) mass is 296 g/mol. The summed E-state index contributed by atoms with van der Waals surface area (Å²) in [5, 5.41) is 0. The van der Waals surface area contributed by atoms with Crippen molar-refractivity contribution in [2.24, 2.45) is 0 Å².